The zero-order valence-electron chi connectivity index (χ0n) is 15.7. The van der Waals surface area contributed by atoms with Crippen molar-refractivity contribution in [3.05, 3.63) is 59.7 Å². The van der Waals surface area contributed by atoms with Gasteiger partial charge in [-0.1, -0.05) is 38.1 Å². The molecule has 0 heterocycles. The lowest BCUT2D eigenvalue weighted by Gasteiger charge is -2.26. The standard InChI is InChI=1S/C21H22Cl2O4/c1-13(22)19(24)26-17-9-5-15(6-10-17)21(3,4)16-7-11-18(12-8-16)27-20(25)14(2)23/h5-14H,1-4H3. The second kappa shape index (κ2) is 8.77. The second-order valence-electron chi connectivity index (χ2n) is 6.75. The molecule has 2 aromatic carbocycles. The molecule has 27 heavy (non-hydrogen) atoms. The maximum absolute atomic E-state index is 11.6. The van der Waals surface area contributed by atoms with Gasteiger partial charge < -0.3 is 9.47 Å². The molecule has 2 atom stereocenters. The van der Waals surface area contributed by atoms with Gasteiger partial charge in [-0.2, -0.15) is 0 Å². The van der Waals surface area contributed by atoms with E-state index in [4.69, 9.17) is 32.7 Å². The van der Waals surface area contributed by atoms with Crippen LogP contribution in [0.4, 0.5) is 0 Å². The average Bonchev–Trinajstić information content (AvgIpc) is 2.62. The van der Waals surface area contributed by atoms with Crippen LogP contribution in [0.1, 0.15) is 38.8 Å². The van der Waals surface area contributed by atoms with Crippen LogP contribution in [0.5, 0.6) is 11.5 Å². The summed E-state index contributed by atoms with van der Waals surface area (Å²) in [6, 6.07) is 14.6. The molecule has 0 N–H and O–H groups in total. The van der Waals surface area contributed by atoms with Crippen LogP contribution in [0.25, 0.3) is 0 Å². The van der Waals surface area contributed by atoms with E-state index in [1.54, 1.807) is 38.1 Å². The Morgan fingerprint density at radius 2 is 1.04 bits per heavy atom. The monoisotopic (exact) mass is 408 g/mol. The molecule has 144 valence electrons. The zero-order chi connectivity index (χ0) is 20.2. The van der Waals surface area contributed by atoms with Crippen LogP contribution in [0.15, 0.2) is 48.5 Å². The summed E-state index contributed by atoms with van der Waals surface area (Å²) >= 11 is 11.4. The van der Waals surface area contributed by atoms with E-state index in [0.717, 1.165) is 11.1 Å². The van der Waals surface area contributed by atoms with E-state index in [1.807, 2.05) is 24.3 Å². The molecule has 0 saturated heterocycles. The van der Waals surface area contributed by atoms with Gasteiger partial charge in [0.2, 0.25) is 0 Å². The van der Waals surface area contributed by atoms with E-state index in [2.05, 4.69) is 13.8 Å². The fourth-order valence-electron chi connectivity index (χ4n) is 2.44. The topological polar surface area (TPSA) is 52.6 Å². The van der Waals surface area contributed by atoms with Gasteiger partial charge in [0.05, 0.1) is 0 Å². The van der Waals surface area contributed by atoms with Crippen LogP contribution in [-0.4, -0.2) is 22.7 Å². The van der Waals surface area contributed by atoms with Crippen molar-refractivity contribution in [2.75, 3.05) is 0 Å². The number of benzene rings is 2. The first-order valence-corrected chi connectivity index (χ1v) is 9.41. The predicted octanol–water partition coefficient (Wildman–Crippen LogP) is 5.08. The van der Waals surface area contributed by atoms with Gasteiger partial charge in [-0.3, -0.25) is 9.59 Å². The third-order valence-electron chi connectivity index (χ3n) is 4.24. The van der Waals surface area contributed by atoms with Crippen molar-refractivity contribution in [1.82, 2.24) is 0 Å². The number of carbonyl (C=O) groups is 2. The van der Waals surface area contributed by atoms with Gasteiger partial charge in [-0.25, -0.2) is 0 Å². The number of halogens is 2. The molecule has 0 radical (unpaired) electrons. The lowest BCUT2D eigenvalue weighted by atomic mass is 9.78. The van der Waals surface area contributed by atoms with Gasteiger partial charge in [-0.05, 0) is 49.2 Å². The van der Waals surface area contributed by atoms with Crippen LogP contribution in [0.3, 0.4) is 0 Å². The molecule has 0 aromatic heterocycles. The quantitative estimate of drug-likeness (QED) is 0.379. The van der Waals surface area contributed by atoms with E-state index in [1.165, 1.54) is 0 Å². The molecule has 2 aromatic rings. The number of rotatable bonds is 6. The molecule has 0 amide bonds. The van der Waals surface area contributed by atoms with Crippen molar-refractivity contribution in [2.45, 2.75) is 43.9 Å². The van der Waals surface area contributed by atoms with Crippen LogP contribution >= 0.6 is 23.2 Å². The number of hydrogen-bond donors (Lipinski definition) is 0. The molecular weight excluding hydrogens is 387 g/mol. The Hall–Kier alpha value is -2.04. The number of esters is 2. The van der Waals surface area contributed by atoms with E-state index < -0.39 is 22.7 Å². The normalized spacial score (nSPS) is 13.6. The lowest BCUT2D eigenvalue weighted by molar-refractivity contribution is -0.134. The van der Waals surface area contributed by atoms with Crippen molar-refractivity contribution in [3.8, 4) is 11.5 Å². The largest absolute Gasteiger partial charge is 0.425 e. The van der Waals surface area contributed by atoms with E-state index in [9.17, 15) is 9.59 Å². The fourth-order valence-corrected chi connectivity index (χ4v) is 2.53. The molecule has 0 bridgehead atoms. The Kier molecular flexibility index (Phi) is 6.90. The Labute approximate surface area is 169 Å². The number of ether oxygens (including phenoxy) is 2. The van der Waals surface area contributed by atoms with E-state index in [0.29, 0.717) is 11.5 Å². The van der Waals surface area contributed by atoms with E-state index >= 15 is 0 Å². The first-order valence-electron chi connectivity index (χ1n) is 8.54. The molecule has 2 unspecified atom stereocenters. The van der Waals surface area contributed by atoms with Gasteiger partial charge >= 0.3 is 11.9 Å². The number of hydrogen-bond acceptors (Lipinski definition) is 4. The molecule has 0 aliphatic rings. The highest BCUT2D eigenvalue weighted by atomic mass is 35.5. The van der Waals surface area contributed by atoms with E-state index in [-0.39, 0.29) is 5.41 Å². The highest BCUT2D eigenvalue weighted by Crippen LogP contribution is 2.33. The smallest absolute Gasteiger partial charge is 0.329 e. The molecule has 6 heteroatoms. The lowest BCUT2D eigenvalue weighted by Crippen LogP contribution is -2.20. The maximum atomic E-state index is 11.6. The van der Waals surface area contributed by atoms with Crippen molar-refractivity contribution in [1.29, 1.82) is 0 Å². The Morgan fingerprint density at radius 3 is 1.30 bits per heavy atom. The molecule has 0 aliphatic heterocycles. The molecule has 4 nitrogen and oxygen atoms in total. The highest BCUT2D eigenvalue weighted by Gasteiger charge is 2.24. The minimum atomic E-state index is -0.699. The average molecular weight is 409 g/mol. The summed E-state index contributed by atoms with van der Waals surface area (Å²) in [7, 11) is 0. The van der Waals surface area contributed by atoms with Crippen LogP contribution in [0.2, 0.25) is 0 Å². The Balaban J connectivity index is 2.15. The van der Waals surface area contributed by atoms with Crippen molar-refractivity contribution in [2.24, 2.45) is 0 Å². The number of carbonyl (C=O) groups excluding carboxylic acids is 2. The minimum absolute atomic E-state index is 0.301. The summed E-state index contributed by atoms with van der Waals surface area (Å²) in [6.07, 6.45) is 0. The van der Waals surface area contributed by atoms with Gasteiger partial charge in [0.25, 0.3) is 0 Å². The molecule has 0 fully saturated rings. The highest BCUT2D eigenvalue weighted by molar-refractivity contribution is 6.30. The van der Waals surface area contributed by atoms with Crippen LogP contribution < -0.4 is 9.47 Å². The summed E-state index contributed by atoms with van der Waals surface area (Å²) in [4.78, 5) is 23.1. The van der Waals surface area contributed by atoms with Crippen molar-refractivity contribution < 1.29 is 19.1 Å². The van der Waals surface area contributed by atoms with Gasteiger partial charge in [-0.15, -0.1) is 23.2 Å². The summed E-state index contributed by atoms with van der Waals surface area (Å²) in [5, 5.41) is -1.40. The summed E-state index contributed by atoms with van der Waals surface area (Å²) in [5.74, 6) is -0.0748. The van der Waals surface area contributed by atoms with Crippen LogP contribution in [-0.2, 0) is 15.0 Å². The molecule has 2 rings (SSSR count). The SMILES string of the molecule is CC(Cl)C(=O)Oc1ccc(C(C)(C)c2ccc(OC(=O)C(C)Cl)cc2)cc1. The summed E-state index contributed by atoms with van der Waals surface area (Å²) in [6.45, 7) is 7.29. The Morgan fingerprint density at radius 1 is 0.741 bits per heavy atom. The molecule has 0 saturated carbocycles. The number of alkyl halides is 2. The van der Waals surface area contributed by atoms with Crippen molar-refractivity contribution >= 4 is 35.1 Å². The Bertz CT molecular complexity index is 726. The second-order valence-corrected chi connectivity index (χ2v) is 8.06. The van der Waals surface area contributed by atoms with Gasteiger partial charge in [0, 0.05) is 5.41 Å². The molecular formula is C21H22Cl2O4. The molecule has 0 aliphatic carbocycles. The maximum Gasteiger partial charge on any atom is 0.329 e. The molecule has 0 spiro atoms. The van der Waals surface area contributed by atoms with Crippen molar-refractivity contribution in [3.63, 3.8) is 0 Å². The van der Waals surface area contributed by atoms with Gasteiger partial charge in [0.1, 0.15) is 22.3 Å². The zero-order valence-corrected chi connectivity index (χ0v) is 17.2. The van der Waals surface area contributed by atoms with Gasteiger partial charge in [0.15, 0.2) is 0 Å². The first-order chi connectivity index (χ1) is 12.6. The fraction of sp³-hybridized carbons (Fsp3) is 0.333. The third-order valence-corrected chi connectivity index (χ3v) is 4.59. The minimum Gasteiger partial charge on any atom is -0.425 e. The third kappa shape index (κ3) is 5.47. The summed E-state index contributed by atoms with van der Waals surface area (Å²) in [5.41, 5.74) is 1.78. The summed E-state index contributed by atoms with van der Waals surface area (Å²) < 4.78 is 10.4. The van der Waals surface area contributed by atoms with Crippen LogP contribution in [0, 0.1) is 0 Å². The predicted molar refractivity (Wildman–Crippen MR) is 107 cm³/mol. The first kappa shape index (κ1) is 21.3.